The molecule has 0 aromatic heterocycles. The lowest BCUT2D eigenvalue weighted by molar-refractivity contribution is -0.384. The van der Waals surface area contributed by atoms with Crippen LogP contribution in [0.4, 0.5) is 20.6 Å². The summed E-state index contributed by atoms with van der Waals surface area (Å²) in [6, 6.07) is 1.84. The molecule has 0 unspecified atom stereocenters. The number of non-ortho nitro benzene ring substituents is 1. The van der Waals surface area contributed by atoms with E-state index in [1.54, 1.807) is 0 Å². The second-order valence-corrected chi connectivity index (χ2v) is 3.28. The van der Waals surface area contributed by atoms with Gasteiger partial charge in [-0.25, -0.2) is 14.1 Å². The smallest absolute Gasteiger partial charge is 0.328 e. The average Bonchev–Trinajstić information content (AvgIpc) is 2.59. The Morgan fingerprint density at radius 1 is 1.41 bits per heavy atom. The van der Waals surface area contributed by atoms with Gasteiger partial charge in [-0.15, -0.1) is 0 Å². The van der Waals surface area contributed by atoms with Gasteiger partial charge in [-0.05, 0) is 6.07 Å². The summed E-state index contributed by atoms with van der Waals surface area (Å²) in [4.78, 5) is 32.9. The van der Waals surface area contributed by atoms with Gasteiger partial charge in [0, 0.05) is 12.1 Å². The molecule has 0 spiro atoms. The van der Waals surface area contributed by atoms with Crippen molar-refractivity contribution in [1.82, 2.24) is 5.32 Å². The van der Waals surface area contributed by atoms with Gasteiger partial charge in [0.1, 0.15) is 5.82 Å². The molecule has 0 radical (unpaired) electrons. The first-order valence-electron chi connectivity index (χ1n) is 4.55. The number of benzene rings is 1. The number of hydrogen-bond donors (Lipinski definition) is 1. The van der Waals surface area contributed by atoms with Gasteiger partial charge in [-0.2, -0.15) is 0 Å². The molecule has 3 amide bonds. The predicted molar refractivity (Wildman–Crippen MR) is 53.9 cm³/mol. The number of nitrogens with one attached hydrogen (secondary N) is 1. The van der Waals surface area contributed by atoms with Crippen LogP contribution >= 0.6 is 0 Å². The third kappa shape index (κ3) is 1.80. The molecule has 88 valence electrons. The van der Waals surface area contributed by atoms with Gasteiger partial charge in [0.15, 0.2) is 0 Å². The lowest BCUT2D eigenvalue weighted by Crippen LogP contribution is -2.31. The van der Waals surface area contributed by atoms with Crippen molar-refractivity contribution < 1.29 is 18.9 Å². The molecule has 1 aromatic rings. The maximum atomic E-state index is 13.4. The van der Waals surface area contributed by atoms with E-state index >= 15 is 0 Å². The van der Waals surface area contributed by atoms with Crippen molar-refractivity contribution in [2.75, 3.05) is 11.4 Å². The summed E-state index contributed by atoms with van der Waals surface area (Å²) in [5.74, 6) is -1.53. The topological polar surface area (TPSA) is 92.6 Å². The van der Waals surface area contributed by atoms with Crippen LogP contribution in [0.3, 0.4) is 0 Å². The van der Waals surface area contributed by atoms with Gasteiger partial charge in [0.05, 0.1) is 17.2 Å². The highest BCUT2D eigenvalue weighted by atomic mass is 19.1. The zero-order valence-corrected chi connectivity index (χ0v) is 8.34. The maximum absolute atomic E-state index is 13.4. The van der Waals surface area contributed by atoms with Crippen LogP contribution < -0.4 is 10.2 Å². The highest BCUT2D eigenvalue weighted by Crippen LogP contribution is 2.26. The monoisotopic (exact) mass is 239 g/mol. The quantitative estimate of drug-likeness (QED) is 0.469. The molecular weight excluding hydrogens is 233 g/mol. The number of nitro benzene ring substituents is 1. The van der Waals surface area contributed by atoms with Crippen LogP contribution in [0.5, 0.6) is 0 Å². The van der Waals surface area contributed by atoms with Crippen LogP contribution in [-0.4, -0.2) is 23.4 Å². The number of urea groups is 1. The Hall–Kier alpha value is -2.51. The number of carbonyl (C=O) groups is 2. The maximum Gasteiger partial charge on any atom is 0.329 e. The number of nitro groups is 1. The second-order valence-electron chi connectivity index (χ2n) is 3.28. The fourth-order valence-corrected chi connectivity index (χ4v) is 1.45. The largest absolute Gasteiger partial charge is 0.329 e. The molecule has 8 heteroatoms. The number of nitrogens with zero attached hydrogens (tertiary/aromatic N) is 2. The van der Waals surface area contributed by atoms with Crippen LogP contribution in [0, 0.1) is 15.9 Å². The highest BCUT2D eigenvalue weighted by Gasteiger charge is 2.32. The highest BCUT2D eigenvalue weighted by molar-refractivity contribution is 6.19. The Morgan fingerprint density at radius 2 is 2.12 bits per heavy atom. The van der Waals surface area contributed by atoms with Gasteiger partial charge in [0.2, 0.25) is 0 Å². The van der Waals surface area contributed by atoms with E-state index < -0.39 is 34.1 Å². The van der Waals surface area contributed by atoms with Crippen molar-refractivity contribution in [3.63, 3.8) is 0 Å². The number of rotatable bonds is 2. The Morgan fingerprint density at radius 3 is 2.65 bits per heavy atom. The van der Waals surface area contributed by atoms with Crippen molar-refractivity contribution in [3.8, 4) is 0 Å². The summed E-state index contributed by atoms with van der Waals surface area (Å²) < 4.78 is 13.4. The van der Waals surface area contributed by atoms with Crippen LogP contribution in [-0.2, 0) is 4.79 Å². The van der Waals surface area contributed by atoms with Gasteiger partial charge >= 0.3 is 6.03 Å². The predicted octanol–water partition coefficient (Wildman–Crippen LogP) is 0.790. The summed E-state index contributed by atoms with van der Waals surface area (Å²) >= 11 is 0. The Balaban J connectivity index is 2.50. The normalized spacial score (nSPS) is 15.0. The van der Waals surface area contributed by atoms with Gasteiger partial charge in [0.25, 0.3) is 11.6 Å². The number of amides is 3. The molecule has 1 aromatic carbocycles. The fourth-order valence-electron chi connectivity index (χ4n) is 1.45. The lowest BCUT2D eigenvalue weighted by atomic mass is 10.2. The summed E-state index contributed by atoms with van der Waals surface area (Å²) in [7, 11) is 0. The van der Waals surface area contributed by atoms with E-state index in [0.717, 1.165) is 18.2 Å². The number of hydrogen-bond acceptors (Lipinski definition) is 4. The third-order valence-electron chi connectivity index (χ3n) is 2.22. The molecule has 1 fully saturated rings. The summed E-state index contributed by atoms with van der Waals surface area (Å²) in [5, 5.41) is 12.7. The van der Waals surface area contributed by atoms with E-state index in [1.165, 1.54) is 0 Å². The molecule has 1 saturated heterocycles. The standard InChI is InChI=1S/C9H6FN3O4/c10-6-2-1-5(13(16)17)3-7(6)12-8(14)4-11-9(12)15/h1-3H,4H2,(H,11,15). The van der Waals surface area contributed by atoms with Crippen LogP contribution in [0.1, 0.15) is 0 Å². The molecule has 1 heterocycles. The minimum Gasteiger partial charge on any atom is -0.328 e. The first-order chi connectivity index (χ1) is 8.00. The third-order valence-corrected chi connectivity index (χ3v) is 2.22. The molecule has 0 atom stereocenters. The summed E-state index contributed by atoms with van der Waals surface area (Å²) in [6.45, 7) is -0.249. The molecule has 0 aliphatic carbocycles. The van der Waals surface area contributed by atoms with Crippen molar-refractivity contribution in [2.24, 2.45) is 0 Å². The van der Waals surface area contributed by atoms with Crippen LogP contribution in [0.15, 0.2) is 18.2 Å². The molecule has 0 saturated carbocycles. The first-order valence-corrected chi connectivity index (χ1v) is 4.55. The van der Waals surface area contributed by atoms with Crippen molar-refractivity contribution >= 4 is 23.3 Å². The van der Waals surface area contributed by atoms with E-state index in [0.29, 0.717) is 4.90 Å². The van der Waals surface area contributed by atoms with E-state index in [-0.39, 0.29) is 6.54 Å². The van der Waals surface area contributed by atoms with E-state index in [1.807, 2.05) is 0 Å². The SMILES string of the molecule is O=C1CNC(=O)N1c1cc([N+](=O)[O-])ccc1F. The Bertz CT molecular complexity index is 515. The number of halogens is 1. The zero-order valence-electron chi connectivity index (χ0n) is 8.34. The molecule has 7 nitrogen and oxygen atoms in total. The Labute approximate surface area is 94.0 Å². The summed E-state index contributed by atoms with van der Waals surface area (Å²) in [6.07, 6.45) is 0. The van der Waals surface area contributed by atoms with Crippen molar-refractivity contribution in [3.05, 3.63) is 34.1 Å². The van der Waals surface area contributed by atoms with Gasteiger partial charge < -0.3 is 5.32 Å². The number of anilines is 1. The van der Waals surface area contributed by atoms with Gasteiger partial charge in [-0.1, -0.05) is 0 Å². The Kier molecular flexibility index (Phi) is 2.47. The molecule has 1 N–H and O–H groups in total. The van der Waals surface area contributed by atoms with Crippen molar-refractivity contribution in [2.45, 2.75) is 0 Å². The van der Waals surface area contributed by atoms with Crippen LogP contribution in [0.25, 0.3) is 0 Å². The summed E-state index contributed by atoms with van der Waals surface area (Å²) in [5.41, 5.74) is -0.812. The van der Waals surface area contributed by atoms with E-state index in [9.17, 15) is 24.1 Å². The van der Waals surface area contributed by atoms with Crippen molar-refractivity contribution in [1.29, 1.82) is 0 Å². The van der Waals surface area contributed by atoms with Crippen LogP contribution in [0.2, 0.25) is 0 Å². The number of imide groups is 1. The molecule has 2 rings (SSSR count). The number of carbonyl (C=O) groups excluding carboxylic acids is 2. The second kappa shape index (κ2) is 3.81. The molecule has 0 bridgehead atoms. The van der Waals surface area contributed by atoms with Gasteiger partial charge in [-0.3, -0.25) is 14.9 Å². The fraction of sp³-hybridized carbons (Fsp3) is 0.111. The minimum atomic E-state index is -0.874. The molecule has 1 aliphatic heterocycles. The lowest BCUT2D eigenvalue weighted by Gasteiger charge is -2.12. The zero-order chi connectivity index (χ0) is 12.6. The minimum absolute atomic E-state index is 0.249. The van der Waals surface area contributed by atoms with E-state index in [2.05, 4.69) is 5.32 Å². The molecular formula is C9H6FN3O4. The molecule has 1 aliphatic rings. The molecule has 17 heavy (non-hydrogen) atoms. The van der Waals surface area contributed by atoms with E-state index in [4.69, 9.17) is 0 Å². The average molecular weight is 239 g/mol. The first kappa shape index (κ1) is 11.0.